The quantitative estimate of drug-likeness (QED) is 0.215. The zero-order valence-electron chi connectivity index (χ0n) is 19.5. The third kappa shape index (κ3) is 5.91. The maximum Gasteiger partial charge on any atom is 0.369 e. The number of carbonyl (C=O) groups excluding carboxylic acids is 2. The molecule has 1 saturated carbocycles. The van der Waals surface area contributed by atoms with Crippen LogP contribution in [-0.4, -0.2) is 60.7 Å². The molecule has 1 fully saturated rings. The van der Waals surface area contributed by atoms with E-state index in [0.29, 0.717) is 35.1 Å². The molecule has 2 amide bonds. The van der Waals surface area contributed by atoms with Crippen molar-refractivity contribution in [3.8, 4) is 17.1 Å². The van der Waals surface area contributed by atoms with E-state index < -0.39 is 17.7 Å². The van der Waals surface area contributed by atoms with E-state index in [4.69, 9.17) is 24.6 Å². The first kappa shape index (κ1) is 25.0. The van der Waals surface area contributed by atoms with E-state index in [-0.39, 0.29) is 23.3 Å². The number of benzene rings is 1. The molecule has 0 aliphatic heterocycles. The van der Waals surface area contributed by atoms with Crippen LogP contribution in [0.1, 0.15) is 42.6 Å². The number of methoxy groups -OCH3 is 1. The Morgan fingerprint density at radius 1 is 1.19 bits per heavy atom. The predicted molar refractivity (Wildman–Crippen MR) is 124 cm³/mol. The van der Waals surface area contributed by atoms with Crippen molar-refractivity contribution in [2.75, 3.05) is 17.7 Å². The number of para-hydroxylation sites is 1. The smallest absolute Gasteiger partial charge is 0.369 e. The summed E-state index contributed by atoms with van der Waals surface area (Å²) in [5, 5.41) is 46.3. The molecule has 0 atom stereocenters. The zero-order chi connectivity index (χ0) is 25.9. The van der Waals surface area contributed by atoms with Crippen LogP contribution < -0.4 is 20.7 Å². The Hall–Kier alpha value is -4.14. The van der Waals surface area contributed by atoms with Crippen LogP contribution in [0.3, 0.4) is 0 Å². The number of anilines is 3. The third-order valence-corrected chi connectivity index (χ3v) is 5.15. The van der Waals surface area contributed by atoms with Crippen LogP contribution in [0, 0.1) is 5.92 Å². The van der Waals surface area contributed by atoms with E-state index in [1.807, 2.05) is 6.92 Å². The number of hydrogen-bond donors (Lipinski definition) is 6. The fraction of sp³-hybridized carbons (Fsp3) is 0.364. The summed E-state index contributed by atoms with van der Waals surface area (Å²) in [4.78, 5) is 29.1. The molecule has 2 heterocycles. The Morgan fingerprint density at radius 3 is 2.64 bits per heavy atom. The molecular weight excluding hydrogens is 474 g/mol. The van der Waals surface area contributed by atoms with Gasteiger partial charge in [0.15, 0.2) is 17.3 Å². The number of carbonyl (C=O) groups is 2. The molecule has 14 nitrogen and oxygen atoms in total. The topological polar surface area (TPSA) is 205 Å². The highest BCUT2D eigenvalue weighted by Crippen LogP contribution is 2.37. The van der Waals surface area contributed by atoms with Crippen molar-refractivity contribution in [2.24, 2.45) is 5.92 Å². The lowest BCUT2D eigenvalue weighted by atomic mass is 10.1. The molecule has 190 valence electrons. The monoisotopic (exact) mass is 499 g/mol. The number of aryl methyl sites for hydroxylation is 1. The molecule has 4 rings (SSSR count). The molecule has 0 bridgehead atoms. The van der Waals surface area contributed by atoms with Gasteiger partial charge >= 0.3 is 6.10 Å². The molecule has 1 aliphatic rings. The fourth-order valence-corrected chi connectivity index (χ4v) is 3.36. The molecule has 0 unspecified atom stereocenters. The number of rotatable bonds is 10. The van der Waals surface area contributed by atoms with Crippen LogP contribution in [0.2, 0.25) is 0 Å². The predicted octanol–water partition coefficient (Wildman–Crippen LogP) is 0.898. The molecule has 0 spiro atoms. The van der Waals surface area contributed by atoms with Gasteiger partial charge in [-0.3, -0.25) is 14.9 Å². The normalized spacial score (nSPS) is 13.2. The summed E-state index contributed by atoms with van der Waals surface area (Å²) in [5.74, 6) is -0.341. The molecule has 36 heavy (non-hydrogen) atoms. The minimum absolute atomic E-state index is 0.0214. The van der Waals surface area contributed by atoms with E-state index >= 15 is 0 Å². The Bertz CT molecular complexity index is 1270. The van der Waals surface area contributed by atoms with Crippen molar-refractivity contribution < 1.29 is 34.2 Å². The van der Waals surface area contributed by atoms with Gasteiger partial charge in [0.1, 0.15) is 0 Å². The summed E-state index contributed by atoms with van der Waals surface area (Å²) in [5.41, 5.74) is 0.483. The van der Waals surface area contributed by atoms with Crippen molar-refractivity contribution >= 4 is 29.0 Å². The minimum Gasteiger partial charge on any atom is -0.494 e. The number of nitrogens with zero attached hydrogens (tertiary/aromatic N) is 4. The number of amides is 2. The fourth-order valence-electron chi connectivity index (χ4n) is 3.36. The van der Waals surface area contributed by atoms with E-state index in [2.05, 4.69) is 31.0 Å². The molecule has 0 saturated heterocycles. The summed E-state index contributed by atoms with van der Waals surface area (Å²) in [6.07, 6.45) is -0.489. The van der Waals surface area contributed by atoms with E-state index in [1.165, 1.54) is 13.2 Å². The second kappa shape index (κ2) is 10.2. The first-order valence-corrected chi connectivity index (χ1v) is 11.1. The van der Waals surface area contributed by atoms with Crippen molar-refractivity contribution in [1.29, 1.82) is 0 Å². The van der Waals surface area contributed by atoms with Crippen LogP contribution in [0.25, 0.3) is 11.4 Å². The van der Waals surface area contributed by atoms with Crippen molar-refractivity contribution in [2.45, 2.75) is 38.7 Å². The Kier molecular flexibility index (Phi) is 7.10. The van der Waals surface area contributed by atoms with Crippen LogP contribution in [-0.2, 0) is 11.2 Å². The van der Waals surface area contributed by atoms with Gasteiger partial charge in [-0.2, -0.15) is 4.98 Å². The van der Waals surface area contributed by atoms with E-state index in [9.17, 15) is 9.59 Å². The van der Waals surface area contributed by atoms with Gasteiger partial charge in [0.25, 0.3) is 5.91 Å². The van der Waals surface area contributed by atoms with Crippen LogP contribution in [0.5, 0.6) is 5.75 Å². The average molecular weight is 499 g/mol. The standard InChI is InChI=1S/C22H25N7O7/c1-3-5-16-25-19(29-36-16)12-6-4-7-13(18(12)35-2)23-14-10-15(24-20(30)11-8-9-11)27-28-17(14)21(31)26-22(32,33)34/h4,6-7,10-11,32-34H,3,5,8-9H2,1-2H3,(H,26,31)(H2,23,24,27,30). The van der Waals surface area contributed by atoms with Gasteiger partial charge in [-0.05, 0) is 31.4 Å². The lowest BCUT2D eigenvalue weighted by molar-refractivity contribution is -0.323. The number of hydrogen-bond acceptors (Lipinski definition) is 12. The van der Waals surface area contributed by atoms with Gasteiger partial charge < -0.3 is 35.2 Å². The highest BCUT2D eigenvalue weighted by atomic mass is 16.7. The third-order valence-electron chi connectivity index (χ3n) is 5.15. The molecule has 0 radical (unpaired) electrons. The van der Waals surface area contributed by atoms with Gasteiger partial charge in [-0.1, -0.05) is 18.1 Å². The second-order valence-electron chi connectivity index (χ2n) is 8.12. The minimum atomic E-state index is -3.48. The van der Waals surface area contributed by atoms with Gasteiger partial charge in [-0.15, -0.1) is 10.2 Å². The highest BCUT2D eigenvalue weighted by molar-refractivity contribution is 6.00. The zero-order valence-corrected chi connectivity index (χ0v) is 19.5. The first-order valence-electron chi connectivity index (χ1n) is 11.1. The lowest BCUT2D eigenvalue weighted by Gasteiger charge is -2.18. The number of aliphatic hydroxyl groups is 3. The second-order valence-corrected chi connectivity index (χ2v) is 8.12. The van der Waals surface area contributed by atoms with Crippen LogP contribution in [0.4, 0.5) is 17.2 Å². The molecular formula is C22H25N7O7. The molecule has 1 aliphatic carbocycles. The van der Waals surface area contributed by atoms with Crippen LogP contribution >= 0.6 is 0 Å². The Balaban J connectivity index is 1.70. The lowest BCUT2D eigenvalue weighted by Crippen LogP contribution is -2.48. The summed E-state index contributed by atoms with van der Waals surface area (Å²) in [7, 11) is 1.44. The van der Waals surface area contributed by atoms with Crippen molar-refractivity contribution in [1.82, 2.24) is 25.7 Å². The Morgan fingerprint density at radius 2 is 1.97 bits per heavy atom. The number of aromatic nitrogens is 4. The van der Waals surface area contributed by atoms with Crippen molar-refractivity contribution in [3.63, 3.8) is 0 Å². The highest BCUT2D eigenvalue weighted by Gasteiger charge is 2.31. The van der Waals surface area contributed by atoms with Gasteiger partial charge in [0.05, 0.1) is 24.0 Å². The van der Waals surface area contributed by atoms with Gasteiger partial charge in [0, 0.05) is 18.4 Å². The van der Waals surface area contributed by atoms with Gasteiger partial charge in [0.2, 0.25) is 17.6 Å². The van der Waals surface area contributed by atoms with Crippen LogP contribution in [0.15, 0.2) is 28.8 Å². The van der Waals surface area contributed by atoms with Gasteiger partial charge in [-0.25, -0.2) is 0 Å². The van der Waals surface area contributed by atoms with E-state index in [0.717, 1.165) is 19.3 Å². The molecule has 14 heteroatoms. The summed E-state index contributed by atoms with van der Waals surface area (Å²) in [6, 6.07) is 6.41. The molecule has 3 aromatic rings. The summed E-state index contributed by atoms with van der Waals surface area (Å²) in [6.45, 7) is 1.99. The maximum absolute atomic E-state index is 12.5. The summed E-state index contributed by atoms with van der Waals surface area (Å²) >= 11 is 0. The molecule has 1 aromatic carbocycles. The summed E-state index contributed by atoms with van der Waals surface area (Å²) < 4.78 is 10.8. The maximum atomic E-state index is 12.5. The molecule has 6 N–H and O–H groups in total. The SMILES string of the molecule is CCCc1nc(-c2cccc(Nc3cc(NC(=O)C4CC4)nnc3C(=O)NC(O)(O)O)c2OC)no1. The van der Waals surface area contributed by atoms with E-state index in [1.54, 1.807) is 23.5 Å². The largest absolute Gasteiger partial charge is 0.494 e. The first-order chi connectivity index (χ1) is 17.2. The average Bonchev–Trinajstić information content (AvgIpc) is 3.57. The molecule has 2 aromatic heterocycles. The number of ether oxygens (including phenoxy) is 1. The van der Waals surface area contributed by atoms with Crippen molar-refractivity contribution in [3.05, 3.63) is 35.9 Å². The Labute approximate surface area is 204 Å². The number of nitrogens with one attached hydrogen (secondary N) is 3.